The van der Waals surface area contributed by atoms with Gasteiger partial charge < -0.3 is 15.5 Å². The van der Waals surface area contributed by atoms with Crippen LogP contribution in [0.2, 0.25) is 5.02 Å². The van der Waals surface area contributed by atoms with Crippen LogP contribution in [-0.2, 0) is 6.54 Å². The third kappa shape index (κ3) is 4.93. The molecule has 0 fully saturated rings. The van der Waals surface area contributed by atoms with E-state index in [1.54, 1.807) is 0 Å². The number of nitrogens with zero attached hydrogens (tertiary/aromatic N) is 2. The van der Waals surface area contributed by atoms with Gasteiger partial charge in [-0.1, -0.05) is 23.7 Å². The molecule has 156 valence electrons. The summed E-state index contributed by atoms with van der Waals surface area (Å²) in [6, 6.07) is 10.4. The molecule has 2 aromatic carbocycles. The average Bonchev–Trinajstić information content (AvgIpc) is 3.17. The molecule has 0 aliphatic carbocycles. The Bertz CT molecular complexity index is 1100. The third-order valence-electron chi connectivity index (χ3n) is 4.20. The second kappa shape index (κ2) is 8.91. The molecule has 0 aliphatic heterocycles. The fourth-order valence-electron chi connectivity index (χ4n) is 2.60. The molecule has 0 radical (unpaired) electrons. The van der Waals surface area contributed by atoms with Crippen molar-refractivity contribution < 1.29 is 18.4 Å². The van der Waals surface area contributed by atoms with E-state index in [-0.39, 0.29) is 22.1 Å². The van der Waals surface area contributed by atoms with Crippen LogP contribution in [-0.4, -0.2) is 36.1 Å². The van der Waals surface area contributed by atoms with Crippen molar-refractivity contribution in [3.8, 4) is 0 Å². The lowest BCUT2D eigenvalue weighted by molar-refractivity contribution is 0.0945. The Kier molecular flexibility index (Phi) is 6.31. The lowest BCUT2D eigenvalue weighted by Gasteiger charge is -2.13. The largest absolute Gasteiger partial charge is 0.378 e. The molecule has 10 heteroatoms. The van der Waals surface area contributed by atoms with Crippen molar-refractivity contribution in [2.24, 2.45) is 0 Å². The first-order valence-electron chi connectivity index (χ1n) is 8.80. The van der Waals surface area contributed by atoms with Crippen LogP contribution >= 0.6 is 11.6 Å². The number of aromatic nitrogens is 2. The summed E-state index contributed by atoms with van der Waals surface area (Å²) in [7, 11) is 3.84. The molecule has 0 bridgehead atoms. The topological polar surface area (TPSA) is 90.1 Å². The molecule has 1 heterocycles. The van der Waals surface area contributed by atoms with Gasteiger partial charge in [0.25, 0.3) is 11.8 Å². The second-order valence-corrected chi connectivity index (χ2v) is 7.02. The Hall–Kier alpha value is -3.46. The summed E-state index contributed by atoms with van der Waals surface area (Å²) in [5.74, 6) is -3.56. The van der Waals surface area contributed by atoms with Crippen molar-refractivity contribution in [2.75, 3.05) is 24.3 Å². The van der Waals surface area contributed by atoms with E-state index in [1.165, 1.54) is 6.07 Å². The van der Waals surface area contributed by atoms with Crippen molar-refractivity contribution in [1.82, 2.24) is 15.5 Å². The van der Waals surface area contributed by atoms with Gasteiger partial charge >= 0.3 is 0 Å². The van der Waals surface area contributed by atoms with E-state index in [1.807, 2.05) is 43.3 Å². The highest BCUT2D eigenvalue weighted by Crippen LogP contribution is 2.21. The predicted octanol–water partition coefficient (Wildman–Crippen LogP) is 3.59. The fourth-order valence-corrected chi connectivity index (χ4v) is 2.84. The molecule has 0 aliphatic rings. The maximum atomic E-state index is 13.4. The molecule has 1 aromatic heterocycles. The highest BCUT2D eigenvalue weighted by molar-refractivity contribution is 6.34. The third-order valence-corrected chi connectivity index (χ3v) is 4.51. The number of H-pyrrole nitrogens is 1. The highest BCUT2D eigenvalue weighted by atomic mass is 35.5. The van der Waals surface area contributed by atoms with Gasteiger partial charge in [-0.25, -0.2) is 8.78 Å². The minimum absolute atomic E-state index is 0.0283. The summed E-state index contributed by atoms with van der Waals surface area (Å²) in [5.41, 5.74) is 1.77. The molecule has 0 atom stereocenters. The van der Waals surface area contributed by atoms with Gasteiger partial charge in [0.05, 0.1) is 10.6 Å². The van der Waals surface area contributed by atoms with Crippen LogP contribution in [0.1, 0.15) is 26.4 Å². The molecule has 3 N–H and O–H groups in total. The van der Waals surface area contributed by atoms with E-state index in [9.17, 15) is 18.4 Å². The maximum absolute atomic E-state index is 13.4. The monoisotopic (exact) mass is 433 g/mol. The van der Waals surface area contributed by atoms with E-state index in [0.29, 0.717) is 18.7 Å². The number of benzene rings is 2. The molecular formula is C20H18ClF2N5O2. The van der Waals surface area contributed by atoms with E-state index in [2.05, 4.69) is 20.8 Å². The summed E-state index contributed by atoms with van der Waals surface area (Å²) in [6.07, 6.45) is 0. The number of hydrogen-bond acceptors (Lipinski definition) is 4. The van der Waals surface area contributed by atoms with Gasteiger partial charge in [-0.2, -0.15) is 5.10 Å². The van der Waals surface area contributed by atoms with E-state index < -0.39 is 23.4 Å². The number of rotatable bonds is 6. The molecule has 0 spiro atoms. The zero-order valence-electron chi connectivity index (χ0n) is 16.1. The zero-order valence-corrected chi connectivity index (χ0v) is 16.8. The Morgan fingerprint density at radius 1 is 1.10 bits per heavy atom. The molecule has 7 nitrogen and oxygen atoms in total. The van der Waals surface area contributed by atoms with E-state index in [4.69, 9.17) is 11.6 Å². The Balaban J connectivity index is 1.63. The van der Waals surface area contributed by atoms with Gasteiger partial charge in [-0.15, -0.1) is 0 Å². The number of amides is 2. The second-order valence-electron chi connectivity index (χ2n) is 6.61. The van der Waals surface area contributed by atoms with Gasteiger partial charge in [0, 0.05) is 32.4 Å². The summed E-state index contributed by atoms with van der Waals surface area (Å²) in [6.45, 7) is 0.297. The smallest absolute Gasteiger partial charge is 0.269 e. The van der Waals surface area contributed by atoms with Crippen LogP contribution in [0.25, 0.3) is 0 Å². The average molecular weight is 434 g/mol. The minimum Gasteiger partial charge on any atom is -0.378 e. The van der Waals surface area contributed by atoms with Crippen LogP contribution in [0.15, 0.2) is 42.5 Å². The quantitative estimate of drug-likeness (QED) is 0.518. The van der Waals surface area contributed by atoms with Crippen molar-refractivity contribution in [3.63, 3.8) is 0 Å². The van der Waals surface area contributed by atoms with Gasteiger partial charge in [0.1, 0.15) is 5.69 Å². The molecule has 0 unspecified atom stereocenters. The standard InChI is InChI=1S/C20H18ClF2N5O2/c1-28(2)12-5-3-4-11(6-12)10-24-20(30)17-9-18(27-26-17)25-19(29)13-7-15(22)16(23)8-14(13)21/h3-9H,10H2,1-2H3,(H,24,30)(H2,25,26,27,29). The first-order chi connectivity index (χ1) is 14.2. The normalized spacial score (nSPS) is 10.6. The van der Waals surface area contributed by atoms with Gasteiger partial charge in [-0.3, -0.25) is 14.7 Å². The minimum atomic E-state index is -1.20. The summed E-state index contributed by atoms with van der Waals surface area (Å²) in [4.78, 5) is 26.5. The molecule has 3 aromatic rings. The zero-order chi connectivity index (χ0) is 21.8. The number of nitrogens with one attached hydrogen (secondary N) is 3. The lowest BCUT2D eigenvalue weighted by atomic mass is 10.2. The first-order valence-corrected chi connectivity index (χ1v) is 9.18. The molecule has 3 rings (SSSR count). The van der Waals surface area contributed by atoms with E-state index in [0.717, 1.165) is 11.3 Å². The molecule has 0 saturated heterocycles. The van der Waals surface area contributed by atoms with Crippen molar-refractivity contribution in [1.29, 1.82) is 0 Å². The number of anilines is 2. The van der Waals surface area contributed by atoms with Crippen LogP contribution < -0.4 is 15.5 Å². The van der Waals surface area contributed by atoms with Crippen LogP contribution in [0.3, 0.4) is 0 Å². The Morgan fingerprint density at radius 2 is 1.83 bits per heavy atom. The lowest BCUT2D eigenvalue weighted by Crippen LogP contribution is -2.23. The van der Waals surface area contributed by atoms with Crippen molar-refractivity contribution >= 4 is 34.9 Å². The summed E-state index contributed by atoms with van der Waals surface area (Å²) in [5, 5.41) is 11.2. The van der Waals surface area contributed by atoms with Gasteiger partial charge in [0.2, 0.25) is 0 Å². The van der Waals surface area contributed by atoms with Crippen molar-refractivity contribution in [3.05, 3.63) is 75.9 Å². The first kappa shape index (κ1) is 21.3. The van der Waals surface area contributed by atoms with Crippen molar-refractivity contribution in [2.45, 2.75) is 6.54 Å². The SMILES string of the molecule is CN(C)c1cccc(CNC(=O)c2cc(NC(=O)c3cc(F)c(F)cc3Cl)n[nH]2)c1. The molecule has 2 amide bonds. The predicted molar refractivity (Wildman–Crippen MR) is 110 cm³/mol. The molecule has 0 saturated carbocycles. The molecule has 30 heavy (non-hydrogen) atoms. The number of halogens is 3. The van der Waals surface area contributed by atoms with Gasteiger partial charge in [-0.05, 0) is 29.8 Å². The fraction of sp³-hybridized carbons (Fsp3) is 0.150. The van der Waals surface area contributed by atoms with Gasteiger partial charge in [0.15, 0.2) is 17.5 Å². The number of aromatic amines is 1. The van der Waals surface area contributed by atoms with Crippen LogP contribution in [0.5, 0.6) is 0 Å². The number of hydrogen-bond donors (Lipinski definition) is 3. The van der Waals surface area contributed by atoms with E-state index >= 15 is 0 Å². The van der Waals surface area contributed by atoms with Crippen LogP contribution in [0.4, 0.5) is 20.3 Å². The summed E-state index contributed by atoms with van der Waals surface area (Å²) < 4.78 is 26.5. The molecular weight excluding hydrogens is 416 g/mol. The Morgan fingerprint density at radius 3 is 2.57 bits per heavy atom. The Labute approximate surface area is 176 Å². The van der Waals surface area contributed by atoms with Crippen LogP contribution in [0, 0.1) is 11.6 Å². The highest BCUT2D eigenvalue weighted by Gasteiger charge is 2.17. The maximum Gasteiger partial charge on any atom is 0.269 e. The summed E-state index contributed by atoms with van der Waals surface area (Å²) >= 11 is 5.79. The number of carbonyl (C=O) groups is 2. The number of carbonyl (C=O) groups excluding carboxylic acids is 2.